The van der Waals surface area contributed by atoms with Gasteiger partial charge >= 0.3 is 6.18 Å². The highest BCUT2D eigenvalue weighted by atomic mass is 32.2. The lowest BCUT2D eigenvalue weighted by molar-refractivity contribution is -0.137. The maximum Gasteiger partial charge on any atom is 0.416 e. The van der Waals surface area contributed by atoms with Crippen LogP contribution in [0.1, 0.15) is 15.9 Å². The Morgan fingerprint density at radius 2 is 1.66 bits per heavy atom. The molecule has 2 aromatic carbocycles. The van der Waals surface area contributed by atoms with Crippen molar-refractivity contribution < 1.29 is 26.4 Å². The largest absolute Gasteiger partial charge is 0.416 e. The lowest BCUT2D eigenvalue weighted by Gasteiger charge is -2.16. The molecule has 1 aromatic heterocycles. The van der Waals surface area contributed by atoms with E-state index in [1.165, 1.54) is 30.3 Å². The van der Waals surface area contributed by atoms with E-state index >= 15 is 0 Å². The summed E-state index contributed by atoms with van der Waals surface area (Å²) in [5.74, 6) is -0.0674. The molecule has 168 valence electrons. The number of alkyl halides is 3. The zero-order valence-corrected chi connectivity index (χ0v) is 17.8. The molecule has 0 spiro atoms. The van der Waals surface area contributed by atoms with Gasteiger partial charge in [-0.1, -0.05) is 12.1 Å². The third-order valence-corrected chi connectivity index (χ3v) is 5.68. The molecule has 3 aromatic rings. The van der Waals surface area contributed by atoms with Gasteiger partial charge in [0.2, 0.25) is 0 Å². The Morgan fingerprint density at radius 3 is 2.34 bits per heavy atom. The normalized spacial score (nSPS) is 11.7. The van der Waals surface area contributed by atoms with Crippen LogP contribution in [0.4, 0.5) is 30.4 Å². The molecule has 0 aliphatic heterocycles. The lowest BCUT2D eigenvalue weighted by Crippen LogP contribution is -2.20. The summed E-state index contributed by atoms with van der Waals surface area (Å²) >= 11 is 0. The van der Waals surface area contributed by atoms with Gasteiger partial charge in [0.05, 0.1) is 16.0 Å². The minimum atomic E-state index is -4.61. The first-order chi connectivity index (χ1) is 15.0. The molecule has 2 N–H and O–H groups in total. The van der Waals surface area contributed by atoms with E-state index in [2.05, 4.69) is 15.0 Å². The molecule has 7 nitrogen and oxygen atoms in total. The Hall–Kier alpha value is -3.60. The molecule has 0 aliphatic rings. The number of halogens is 3. The molecule has 32 heavy (non-hydrogen) atoms. The number of benzene rings is 2. The number of amides is 1. The van der Waals surface area contributed by atoms with Crippen molar-refractivity contribution in [1.29, 1.82) is 0 Å². The number of nitrogens with one attached hydrogen (secondary N) is 2. The van der Waals surface area contributed by atoms with E-state index in [-0.39, 0.29) is 21.8 Å². The number of hydrogen-bond acceptors (Lipinski definition) is 5. The van der Waals surface area contributed by atoms with Crippen LogP contribution in [0.25, 0.3) is 0 Å². The summed E-state index contributed by atoms with van der Waals surface area (Å²) in [5, 5.41) is 2.61. The summed E-state index contributed by atoms with van der Waals surface area (Å²) in [4.78, 5) is 18.3. The van der Waals surface area contributed by atoms with Crippen LogP contribution in [-0.2, 0) is 16.2 Å². The van der Waals surface area contributed by atoms with Gasteiger partial charge in [0.25, 0.3) is 15.9 Å². The molecule has 0 unspecified atom stereocenters. The number of nitrogens with zero attached hydrogens (tertiary/aromatic N) is 2. The smallest absolute Gasteiger partial charge is 0.362 e. The van der Waals surface area contributed by atoms with Crippen molar-refractivity contribution in [3.63, 3.8) is 0 Å². The van der Waals surface area contributed by atoms with Crippen LogP contribution in [0.3, 0.4) is 0 Å². The third kappa shape index (κ3) is 5.35. The van der Waals surface area contributed by atoms with Crippen LogP contribution in [0.15, 0.2) is 71.8 Å². The Morgan fingerprint density at radius 1 is 0.969 bits per heavy atom. The second-order valence-electron chi connectivity index (χ2n) is 6.94. The molecule has 3 rings (SSSR count). The molecular weight excluding hydrogens is 445 g/mol. The van der Waals surface area contributed by atoms with Crippen molar-refractivity contribution >= 4 is 33.1 Å². The van der Waals surface area contributed by atoms with E-state index in [0.717, 1.165) is 12.1 Å². The summed E-state index contributed by atoms with van der Waals surface area (Å²) in [5.41, 5.74) is -0.740. The predicted octanol–water partition coefficient (Wildman–Crippen LogP) is 4.22. The second-order valence-corrected chi connectivity index (χ2v) is 8.62. The maximum atomic E-state index is 12.9. The molecule has 0 saturated carbocycles. The van der Waals surface area contributed by atoms with E-state index in [9.17, 15) is 26.4 Å². The monoisotopic (exact) mass is 464 g/mol. The predicted molar refractivity (Wildman–Crippen MR) is 115 cm³/mol. The molecule has 1 amide bonds. The average Bonchev–Trinajstić information content (AvgIpc) is 2.73. The SMILES string of the molecule is CN(C)c1ncccc1C(=O)Nc1cccc(S(=O)(=O)Nc2cccc(C(F)(F)F)c2)c1. The first-order valence-electron chi connectivity index (χ1n) is 9.21. The molecule has 0 radical (unpaired) electrons. The maximum absolute atomic E-state index is 12.9. The minimum Gasteiger partial charge on any atom is -0.362 e. The molecular formula is C21H19F3N4O3S. The summed E-state index contributed by atoms with van der Waals surface area (Å²) in [6.45, 7) is 0. The Bertz CT molecular complexity index is 1240. The Balaban J connectivity index is 1.84. The van der Waals surface area contributed by atoms with E-state index in [1.807, 2.05) is 0 Å². The topological polar surface area (TPSA) is 91.4 Å². The van der Waals surface area contributed by atoms with Crippen molar-refractivity contribution in [2.45, 2.75) is 11.1 Å². The highest BCUT2D eigenvalue weighted by molar-refractivity contribution is 7.92. The Kier molecular flexibility index (Phi) is 6.40. The van der Waals surface area contributed by atoms with Crippen molar-refractivity contribution in [3.05, 3.63) is 78.0 Å². The number of sulfonamides is 1. The third-order valence-electron chi connectivity index (χ3n) is 4.30. The summed E-state index contributed by atoms with van der Waals surface area (Å²) in [6.07, 6.45) is -3.07. The molecule has 0 atom stereocenters. The average molecular weight is 464 g/mol. The fourth-order valence-corrected chi connectivity index (χ4v) is 3.94. The summed E-state index contributed by atoms with van der Waals surface area (Å²) in [7, 11) is -0.753. The van der Waals surface area contributed by atoms with Crippen molar-refractivity contribution in [1.82, 2.24) is 4.98 Å². The van der Waals surface area contributed by atoms with Gasteiger partial charge in [0.1, 0.15) is 5.82 Å². The zero-order valence-electron chi connectivity index (χ0n) is 17.0. The van der Waals surface area contributed by atoms with Crippen LogP contribution < -0.4 is 14.9 Å². The lowest BCUT2D eigenvalue weighted by atomic mass is 10.2. The molecule has 0 aliphatic carbocycles. The number of anilines is 3. The molecule has 0 fully saturated rings. The number of carbonyl (C=O) groups excluding carboxylic acids is 1. The van der Waals surface area contributed by atoms with E-state index in [0.29, 0.717) is 11.9 Å². The zero-order chi connectivity index (χ0) is 23.5. The van der Waals surface area contributed by atoms with Crippen molar-refractivity contribution in [2.24, 2.45) is 0 Å². The van der Waals surface area contributed by atoms with Gasteiger partial charge in [-0.2, -0.15) is 13.2 Å². The number of pyridine rings is 1. The van der Waals surface area contributed by atoms with Crippen molar-refractivity contribution in [2.75, 3.05) is 29.0 Å². The molecule has 0 bridgehead atoms. The van der Waals surface area contributed by atoms with E-state index in [4.69, 9.17) is 0 Å². The number of aromatic nitrogens is 1. The van der Waals surface area contributed by atoms with Crippen LogP contribution in [0.5, 0.6) is 0 Å². The number of hydrogen-bond donors (Lipinski definition) is 2. The van der Waals surface area contributed by atoms with Gasteiger partial charge < -0.3 is 10.2 Å². The standard InChI is InChI=1S/C21H19F3N4O3S/c1-28(2)19-18(10-5-11-25-19)20(29)26-15-7-4-9-17(13-15)32(30,31)27-16-8-3-6-14(12-16)21(22,23)24/h3-13,27H,1-2H3,(H,26,29). The van der Waals surface area contributed by atoms with Crippen LogP contribution >= 0.6 is 0 Å². The fourth-order valence-electron chi connectivity index (χ4n) is 2.84. The van der Waals surface area contributed by atoms with Crippen LogP contribution in [-0.4, -0.2) is 33.4 Å². The van der Waals surface area contributed by atoms with Gasteiger partial charge in [-0.3, -0.25) is 9.52 Å². The van der Waals surface area contributed by atoms with Gasteiger partial charge in [-0.05, 0) is 48.5 Å². The van der Waals surface area contributed by atoms with Crippen LogP contribution in [0, 0.1) is 0 Å². The summed E-state index contributed by atoms with van der Waals surface area (Å²) < 4.78 is 66.2. The van der Waals surface area contributed by atoms with Gasteiger partial charge in [0, 0.05) is 31.7 Å². The van der Waals surface area contributed by atoms with Gasteiger partial charge in [-0.25, -0.2) is 13.4 Å². The highest BCUT2D eigenvalue weighted by Crippen LogP contribution is 2.31. The first kappa shape index (κ1) is 23.1. The molecule has 11 heteroatoms. The number of carbonyl (C=O) groups is 1. The molecule has 0 saturated heterocycles. The summed E-state index contributed by atoms with van der Waals surface area (Å²) in [6, 6.07) is 12.4. The Labute approximate surface area is 183 Å². The second kappa shape index (κ2) is 8.87. The van der Waals surface area contributed by atoms with Gasteiger partial charge in [-0.15, -0.1) is 0 Å². The van der Waals surface area contributed by atoms with E-state index < -0.39 is 27.7 Å². The van der Waals surface area contributed by atoms with Gasteiger partial charge in [0.15, 0.2) is 0 Å². The fraction of sp³-hybridized carbons (Fsp3) is 0.143. The first-order valence-corrected chi connectivity index (χ1v) is 10.7. The van der Waals surface area contributed by atoms with Crippen LogP contribution in [0.2, 0.25) is 0 Å². The molecule has 1 heterocycles. The van der Waals surface area contributed by atoms with Crippen molar-refractivity contribution in [3.8, 4) is 0 Å². The van der Waals surface area contributed by atoms with E-state index in [1.54, 1.807) is 37.3 Å². The quantitative estimate of drug-likeness (QED) is 0.570. The highest BCUT2D eigenvalue weighted by Gasteiger charge is 2.30. The number of rotatable bonds is 6. The minimum absolute atomic E-state index is 0.190.